The van der Waals surface area contributed by atoms with E-state index in [0.29, 0.717) is 11.1 Å². The molecule has 0 aromatic heterocycles. The van der Waals surface area contributed by atoms with Crippen LogP contribution in [0.1, 0.15) is 35.7 Å². The molecule has 5 nitrogen and oxygen atoms in total. The quantitative estimate of drug-likeness (QED) is 0.501. The van der Waals surface area contributed by atoms with Crippen LogP contribution < -0.4 is 0 Å². The number of benzene rings is 1. The highest BCUT2D eigenvalue weighted by Gasteiger charge is 2.07. The Morgan fingerprint density at radius 1 is 1.15 bits per heavy atom. The number of rotatable bonds is 5. The van der Waals surface area contributed by atoms with Gasteiger partial charge >= 0.3 is 11.9 Å². The number of aliphatic carboxylic acids is 1. The lowest BCUT2D eigenvalue weighted by atomic mass is 10.0. The zero-order valence-corrected chi connectivity index (χ0v) is 11.0. The summed E-state index contributed by atoms with van der Waals surface area (Å²) in [6, 6.07) is 6.30. The van der Waals surface area contributed by atoms with Crippen LogP contribution in [0.4, 0.5) is 0 Å². The third-order valence-corrected chi connectivity index (χ3v) is 2.36. The highest BCUT2D eigenvalue weighted by atomic mass is 16.5. The number of hydrogen-bond acceptors (Lipinski definition) is 4. The Hall–Kier alpha value is -2.61. The van der Waals surface area contributed by atoms with Gasteiger partial charge in [-0.2, -0.15) is 0 Å². The predicted molar refractivity (Wildman–Crippen MR) is 71.2 cm³/mol. The first kappa shape index (κ1) is 15.4. The molecule has 0 heterocycles. The van der Waals surface area contributed by atoms with Crippen LogP contribution in [0.2, 0.25) is 0 Å². The molecule has 1 rings (SSSR count). The summed E-state index contributed by atoms with van der Waals surface area (Å²) in [5, 5.41) is 8.50. The number of carboxylic acid groups (broad SMARTS) is 1. The summed E-state index contributed by atoms with van der Waals surface area (Å²) in [7, 11) is 0. The summed E-state index contributed by atoms with van der Waals surface area (Å²) in [5.41, 5.74) is 1.00. The number of carbonyl (C=O) groups is 3. The van der Waals surface area contributed by atoms with Crippen LogP contribution in [-0.4, -0.2) is 29.4 Å². The van der Waals surface area contributed by atoms with E-state index in [-0.39, 0.29) is 25.2 Å². The largest absolute Gasteiger partial charge is 0.481 e. The van der Waals surface area contributed by atoms with Gasteiger partial charge in [0.1, 0.15) is 0 Å². The minimum absolute atomic E-state index is 0.0385. The maximum Gasteiger partial charge on any atom is 0.384 e. The number of ketones is 1. The molecule has 0 aliphatic rings. The minimum atomic E-state index is -1.00. The molecular weight excluding hydrogens is 260 g/mol. The van der Waals surface area contributed by atoms with Gasteiger partial charge in [-0.25, -0.2) is 4.79 Å². The molecule has 0 fully saturated rings. The molecule has 0 radical (unpaired) electrons. The Morgan fingerprint density at radius 2 is 1.80 bits per heavy atom. The first-order valence-corrected chi connectivity index (χ1v) is 6.06. The van der Waals surface area contributed by atoms with Gasteiger partial charge in [-0.3, -0.25) is 9.59 Å². The Kier molecular flexibility index (Phi) is 5.98. The van der Waals surface area contributed by atoms with E-state index in [2.05, 4.69) is 16.6 Å². The van der Waals surface area contributed by atoms with Gasteiger partial charge in [0.05, 0.1) is 13.0 Å². The molecule has 0 unspecified atom stereocenters. The van der Waals surface area contributed by atoms with Crippen molar-refractivity contribution in [2.75, 3.05) is 6.61 Å². The molecule has 0 atom stereocenters. The summed E-state index contributed by atoms with van der Waals surface area (Å²) in [6.45, 7) is 1.96. The summed E-state index contributed by atoms with van der Waals surface area (Å²) in [4.78, 5) is 33.1. The average Bonchev–Trinajstić information content (AvgIpc) is 2.43. The zero-order chi connectivity index (χ0) is 15.0. The van der Waals surface area contributed by atoms with E-state index < -0.39 is 11.9 Å². The molecule has 5 heteroatoms. The molecule has 1 aromatic rings. The Morgan fingerprint density at radius 3 is 2.35 bits per heavy atom. The van der Waals surface area contributed by atoms with Crippen LogP contribution in [0.5, 0.6) is 0 Å². The summed E-state index contributed by atoms with van der Waals surface area (Å²) in [6.07, 6.45) is -0.230. The van der Waals surface area contributed by atoms with Gasteiger partial charge in [0.2, 0.25) is 0 Å². The molecule has 0 spiro atoms. The van der Waals surface area contributed by atoms with Gasteiger partial charge in [-0.15, -0.1) is 0 Å². The Balaban J connectivity index is 2.66. The fourth-order valence-corrected chi connectivity index (χ4v) is 1.39. The second-order valence-electron chi connectivity index (χ2n) is 3.86. The van der Waals surface area contributed by atoms with Gasteiger partial charge in [0.15, 0.2) is 5.78 Å². The summed E-state index contributed by atoms with van der Waals surface area (Å²) >= 11 is 0. The molecule has 0 bridgehead atoms. The van der Waals surface area contributed by atoms with Gasteiger partial charge in [-0.05, 0) is 19.1 Å². The highest BCUT2D eigenvalue weighted by Crippen LogP contribution is 2.07. The summed E-state index contributed by atoms with van der Waals surface area (Å²) in [5.74, 6) is 3.08. The smallest absolute Gasteiger partial charge is 0.384 e. The molecule has 0 saturated heterocycles. The van der Waals surface area contributed by atoms with E-state index in [4.69, 9.17) is 5.11 Å². The molecular formula is C15H14O5. The number of carboxylic acids is 1. The van der Waals surface area contributed by atoms with Crippen molar-refractivity contribution in [3.63, 3.8) is 0 Å². The number of ether oxygens (including phenoxy) is 1. The number of carbonyl (C=O) groups excluding carboxylic acids is 2. The molecule has 20 heavy (non-hydrogen) atoms. The van der Waals surface area contributed by atoms with Crippen LogP contribution in [-0.2, 0) is 14.3 Å². The fourth-order valence-electron chi connectivity index (χ4n) is 1.39. The Bertz CT molecular complexity index is 560. The van der Waals surface area contributed by atoms with Crippen molar-refractivity contribution in [3.05, 3.63) is 35.4 Å². The van der Waals surface area contributed by atoms with E-state index in [1.54, 1.807) is 31.2 Å². The van der Waals surface area contributed by atoms with Crippen LogP contribution in [0.3, 0.4) is 0 Å². The summed E-state index contributed by atoms with van der Waals surface area (Å²) < 4.78 is 4.66. The Labute approximate surface area is 116 Å². The lowest BCUT2D eigenvalue weighted by Gasteiger charge is -1.99. The third kappa shape index (κ3) is 5.36. The molecule has 0 saturated carbocycles. The van der Waals surface area contributed by atoms with Crippen molar-refractivity contribution in [2.24, 2.45) is 0 Å². The monoisotopic (exact) mass is 274 g/mol. The third-order valence-electron chi connectivity index (χ3n) is 2.36. The van der Waals surface area contributed by atoms with E-state index >= 15 is 0 Å². The topological polar surface area (TPSA) is 80.7 Å². The fraction of sp³-hybridized carbons (Fsp3) is 0.267. The molecule has 1 aromatic carbocycles. The molecule has 0 aliphatic carbocycles. The molecule has 104 valence electrons. The number of esters is 1. The van der Waals surface area contributed by atoms with Crippen molar-refractivity contribution in [3.8, 4) is 11.8 Å². The minimum Gasteiger partial charge on any atom is -0.481 e. The van der Waals surface area contributed by atoms with E-state index in [1.807, 2.05) is 0 Å². The van der Waals surface area contributed by atoms with E-state index in [0.717, 1.165) is 0 Å². The van der Waals surface area contributed by atoms with Crippen molar-refractivity contribution in [1.29, 1.82) is 0 Å². The van der Waals surface area contributed by atoms with Crippen LogP contribution in [0.15, 0.2) is 24.3 Å². The predicted octanol–water partition coefficient (Wildman–Crippen LogP) is 1.65. The van der Waals surface area contributed by atoms with Crippen LogP contribution in [0, 0.1) is 11.8 Å². The maximum absolute atomic E-state index is 11.6. The second kappa shape index (κ2) is 7.74. The number of hydrogen-bond donors (Lipinski definition) is 1. The maximum atomic E-state index is 11.6. The zero-order valence-electron chi connectivity index (χ0n) is 11.0. The highest BCUT2D eigenvalue weighted by molar-refractivity contribution is 5.97. The van der Waals surface area contributed by atoms with Gasteiger partial charge in [0.25, 0.3) is 0 Å². The van der Waals surface area contributed by atoms with Gasteiger partial charge in [0, 0.05) is 23.5 Å². The van der Waals surface area contributed by atoms with E-state index in [9.17, 15) is 14.4 Å². The molecule has 0 amide bonds. The first-order valence-electron chi connectivity index (χ1n) is 6.06. The van der Waals surface area contributed by atoms with Gasteiger partial charge < -0.3 is 9.84 Å². The van der Waals surface area contributed by atoms with Crippen molar-refractivity contribution < 1.29 is 24.2 Å². The standard InChI is InChI=1S/C15H14O5/c1-2-20-15(19)10-5-11-3-6-12(7-4-11)13(16)8-9-14(17)18/h3-4,6-7H,2,8-9H2,1H3,(H,17,18). The van der Waals surface area contributed by atoms with Crippen molar-refractivity contribution in [1.82, 2.24) is 0 Å². The van der Waals surface area contributed by atoms with E-state index in [1.165, 1.54) is 0 Å². The number of Topliss-reactive ketones (excluding diaryl/α,β-unsaturated/α-hetero) is 1. The van der Waals surface area contributed by atoms with Crippen molar-refractivity contribution >= 4 is 17.7 Å². The normalized spacial score (nSPS) is 9.25. The SMILES string of the molecule is CCOC(=O)C#Cc1ccc(C(=O)CCC(=O)O)cc1. The second-order valence-corrected chi connectivity index (χ2v) is 3.86. The van der Waals surface area contributed by atoms with Crippen molar-refractivity contribution in [2.45, 2.75) is 19.8 Å². The lowest BCUT2D eigenvalue weighted by molar-refractivity contribution is -0.137. The van der Waals surface area contributed by atoms with Crippen LogP contribution in [0.25, 0.3) is 0 Å². The lowest BCUT2D eigenvalue weighted by Crippen LogP contribution is -2.03. The molecule has 0 aliphatic heterocycles. The molecule has 1 N–H and O–H groups in total. The average molecular weight is 274 g/mol. The van der Waals surface area contributed by atoms with Crippen LogP contribution >= 0.6 is 0 Å². The first-order chi connectivity index (χ1) is 9.52. The van der Waals surface area contributed by atoms with Gasteiger partial charge in [-0.1, -0.05) is 18.1 Å².